The maximum atomic E-state index is 12.4. The molecule has 2 aliphatic rings. The lowest BCUT2D eigenvalue weighted by atomic mass is 9.83. The van der Waals surface area contributed by atoms with Crippen LogP contribution in [0.5, 0.6) is 0 Å². The average Bonchev–Trinajstić information content (AvgIpc) is 2.69. The topological polar surface area (TPSA) is 54.3 Å². The third kappa shape index (κ3) is 4.41. The van der Waals surface area contributed by atoms with E-state index in [1.807, 2.05) is 42.7 Å². The van der Waals surface area contributed by atoms with Crippen LogP contribution in [0.25, 0.3) is 0 Å². The molecule has 0 aliphatic carbocycles. The molecule has 3 heterocycles. The summed E-state index contributed by atoms with van der Waals surface area (Å²) >= 11 is 7.07. The van der Waals surface area contributed by atoms with Crippen molar-refractivity contribution in [3.8, 4) is 0 Å². The maximum absolute atomic E-state index is 12.4. The number of carbonyl (C=O) groups is 1. The van der Waals surface area contributed by atoms with Gasteiger partial charge in [-0.2, -0.15) is 0 Å². The van der Waals surface area contributed by atoms with Gasteiger partial charge < -0.3 is 14.8 Å². The van der Waals surface area contributed by atoms with Crippen molar-refractivity contribution in [2.24, 2.45) is 5.92 Å². The van der Waals surface area contributed by atoms with Crippen LogP contribution in [0.4, 0.5) is 5.69 Å². The smallest absolute Gasteiger partial charge is 0.250 e. The number of carbonyl (C=O) groups excluding carboxylic acids is 1. The molecular weight excluding hydrogens is 402 g/mol. The molecule has 2 aliphatic heterocycles. The fraction of sp³-hybridized carbons (Fsp3) is 0.409. The number of thioether (sulfide) groups is 1. The van der Waals surface area contributed by atoms with E-state index < -0.39 is 0 Å². The molecule has 2 bridgehead atoms. The summed E-state index contributed by atoms with van der Waals surface area (Å²) < 4.78 is 2.69. The summed E-state index contributed by atoms with van der Waals surface area (Å²) in [7, 11) is 0. The molecule has 2 aromatic rings. The van der Waals surface area contributed by atoms with Crippen LogP contribution < -0.4 is 10.9 Å². The summed E-state index contributed by atoms with van der Waals surface area (Å²) in [5.74, 6) is 0.996. The second-order valence-electron chi connectivity index (χ2n) is 8.02. The van der Waals surface area contributed by atoms with Gasteiger partial charge in [0.1, 0.15) is 4.32 Å². The summed E-state index contributed by atoms with van der Waals surface area (Å²) in [6.07, 6.45) is 1.10. The standard InChI is InChI=1S/C22H25N3O2S2/c1-14-6-7-15(2)18(8-14)23-20(26)13-29-22(28)24-10-16-9-17(12-24)19-4-3-5-21(27)25(19)11-16/h3-8,16-17H,9-13H2,1-2H3,(H,23,26)/t16-,17+/m0/s1. The zero-order valence-corrected chi connectivity index (χ0v) is 18.3. The predicted octanol–water partition coefficient (Wildman–Crippen LogP) is 3.54. The minimum absolute atomic E-state index is 0.0415. The molecule has 0 saturated carbocycles. The van der Waals surface area contributed by atoms with E-state index in [1.165, 1.54) is 11.8 Å². The molecule has 4 rings (SSSR count). The van der Waals surface area contributed by atoms with Crippen molar-refractivity contribution >= 4 is 39.9 Å². The fourth-order valence-corrected chi connectivity index (χ4v) is 5.31. The molecule has 1 fully saturated rings. The first kappa shape index (κ1) is 20.2. The Balaban J connectivity index is 1.36. The van der Waals surface area contributed by atoms with Crippen LogP contribution in [0, 0.1) is 19.8 Å². The van der Waals surface area contributed by atoms with Gasteiger partial charge >= 0.3 is 0 Å². The monoisotopic (exact) mass is 427 g/mol. The first-order chi connectivity index (χ1) is 13.9. The number of hydrogen-bond acceptors (Lipinski definition) is 4. The fourth-order valence-electron chi connectivity index (χ4n) is 4.32. The normalized spacial score (nSPS) is 20.1. The van der Waals surface area contributed by atoms with Crippen LogP contribution in [0.15, 0.2) is 41.2 Å². The highest BCUT2D eigenvalue weighted by molar-refractivity contribution is 8.23. The van der Waals surface area contributed by atoms with Crippen molar-refractivity contribution in [2.75, 3.05) is 24.2 Å². The predicted molar refractivity (Wildman–Crippen MR) is 123 cm³/mol. The molecule has 2 atom stereocenters. The molecule has 1 aromatic carbocycles. The molecule has 1 amide bonds. The van der Waals surface area contributed by atoms with Crippen LogP contribution in [0.1, 0.15) is 29.2 Å². The Morgan fingerprint density at radius 1 is 1.21 bits per heavy atom. The lowest BCUT2D eigenvalue weighted by Gasteiger charge is -2.43. The largest absolute Gasteiger partial charge is 0.356 e. The van der Waals surface area contributed by atoms with Crippen LogP contribution in [0.3, 0.4) is 0 Å². The summed E-state index contributed by atoms with van der Waals surface area (Å²) in [5, 5.41) is 2.99. The van der Waals surface area contributed by atoms with Gasteiger partial charge in [0.05, 0.1) is 5.75 Å². The minimum Gasteiger partial charge on any atom is -0.356 e. The lowest BCUT2D eigenvalue weighted by Crippen LogP contribution is -2.48. The minimum atomic E-state index is -0.0415. The molecule has 0 unspecified atom stereocenters. The number of pyridine rings is 1. The highest BCUT2D eigenvalue weighted by Gasteiger charge is 2.35. The van der Waals surface area contributed by atoms with E-state index in [1.54, 1.807) is 6.07 Å². The van der Waals surface area contributed by atoms with Crippen molar-refractivity contribution < 1.29 is 4.79 Å². The zero-order chi connectivity index (χ0) is 20.5. The first-order valence-electron chi connectivity index (χ1n) is 9.89. The van der Waals surface area contributed by atoms with E-state index >= 15 is 0 Å². The Kier molecular flexibility index (Phi) is 5.79. The molecular formula is C22H25N3O2S2. The van der Waals surface area contributed by atoms with Crippen LogP contribution in [-0.2, 0) is 11.3 Å². The van der Waals surface area contributed by atoms with E-state index in [0.717, 1.165) is 52.9 Å². The molecule has 152 valence electrons. The number of fused-ring (bicyclic) bond motifs is 4. The number of piperidine rings is 1. The number of benzene rings is 1. The molecule has 1 saturated heterocycles. The van der Waals surface area contributed by atoms with Crippen molar-refractivity contribution in [3.63, 3.8) is 0 Å². The van der Waals surface area contributed by atoms with Gasteiger partial charge in [-0.25, -0.2) is 0 Å². The number of aromatic nitrogens is 1. The molecule has 0 spiro atoms. The van der Waals surface area contributed by atoms with Crippen LogP contribution in [-0.4, -0.2) is 38.5 Å². The van der Waals surface area contributed by atoms with Gasteiger partial charge in [0, 0.05) is 43.0 Å². The molecule has 5 nitrogen and oxygen atoms in total. The number of hydrogen-bond donors (Lipinski definition) is 1. The lowest BCUT2D eigenvalue weighted by molar-refractivity contribution is -0.113. The number of aryl methyl sites for hydroxylation is 2. The van der Waals surface area contributed by atoms with Gasteiger partial charge in [0.2, 0.25) is 5.91 Å². The van der Waals surface area contributed by atoms with Crippen molar-refractivity contribution in [1.29, 1.82) is 0 Å². The molecule has 29 heavy (non-hydrogen) atoms. The molecule has 1 aromatic heterocycles. The average molecular weight is 428 g/mol. The quantitative estimate of drug-likeness (QED) is 0.760. The number of nitrogens with zero attached hydrogens (tertiary/aromatic N) is 2. The number of nitrogens with one attached hydrogen (secondary N) is 1. The van der Waals surface area contributed by atoms with Crippen molar-refractivity contribution in [1.82, 2.24) is 9.47 Å². The number of thiocarbonyl (C=S) groups is 1. The van der Waals surface area contributed by atoms with Crippen LogP contribution in [0.2, 0.25) is 0 Å². The number of anilines is 1. The summed E-state index contributed by atoms with van der Waals surface area (Å²) in [6, 6.07) is 11.6. The van der Waals surface area contributed by atoms with Gasteiger partial charge in [0.25, 0.3) is 5.56 Å². The summed E-state index contributed by atoms with van der Waals surface area (Å²) in [6.45, 7) is 6.41. The zero-order valence-electron chi connectivity index (χ0n) is 16.7. The van der Waals surface area contributed by atoms with E-state index in [0.29, 0.717) is 17.6 Å². The number of amides is 1. The number of rotatable bonds is 3. The second kappa shape index (κ2) is 8.32. The summed E-state index contributed by atoms with van der Waals surface area (Å²) in [5.41, 5.74) is 4.23. The Bertz CT molecular complexity index is 1020. The third-order valence-electron chi connectivity index (χ3n) is 5.73. The highest BCUT2D eigenvalue weighted by atomic mass is 32.2. The third-order valence-corrected chi connectivity index (χ3v) is 7.26. The van der Waals surface area contributed by atoms with Gasteiger partial charge in [0.15, 0.2) is 0 Å². The van der Waals surface area contributed by atoms with Crippen molar-refractivity contribution in [3.05, 3.63) is 63.6 Å². The van der Waals surface area contributed by atoms with E-state index in [4.69, 9.17) is 12.2 Å². The first-order valence-corrected chi connectivity index (χ1v) is 11.3. The number of likely N-dealkylation sites (tertiary alicyclic amines) is 1. The van der Waals surface area contributed by atoms with E-state index in [9.17, 15) is 9.59 Å². The molecule has 1 N–H and O–H groups in total. The van der Waals surface area contributed by atoms with E-state index in [2.05, 4.69) is 16.3 Å². The van der Waals surface area contributed by atoms with Crippen LogP contribution >= 0.6 is 24.0 Å². The Morgan fingerprint density at radius 2 is 2.03 bits per heavy atom. The Morgan fingerprint density at radius 3 is 2.86 bits per heavy atom. The van der Waals surface area contributed by atoms with Gasteiger partial charge in [-0.15, -0.1) is 0 Å². The van der Waals surface area contributed by atoms with Gasteiger partial charge in [-0.1, -0.05) is 42.2 Å². The summed E-state index contributed by atoms with van der Waals surface area (Å²) in [4.78, 5) is 26.8. The highest BCUT2D eigenvalue weighted by Crippen LogP contribution is 2.36. The second-order valence-corrected chi connectivity index (χ2v) is 9.63. The van der Waals surface area contributed by atoms with Gasteiger partial charge in [-0.3, -0.25) is 9.59 Å². The van der Waals surface area contributed by atoms with E-state index in [-0.39, 0.29) is 11.5 Å². The molecule has 0 radical (unpaired) electrons. The Hall–Kier alpha value is -2.12. The van der Waals surface area contributed by atoms with Crippen molar-refractivity contribution in [2.45, 2.75) is 32.7 Å². The van der Waals surface area contributed by atoms with Gasteiger partial charge in [-0.05, 0) is 49.4 Å². The molecule has 7 heteroatoms. The SMILES string of the molecule is Cc1ccc(C)c(NC(=O)CSC(=S)N2C[C@@H]3C[C@H](C2)c2cccc(=O)n2C3)c1. The maximum Gasteiger partial charge on any atom is 0.250 e. The Labute approximate surface area is 180 Å².